The highest BCUT2D eigenvalue weighted by atomic mass is 16.7. The summed E-state index contributed by atoms with van der Waals surface area (Å²) >= 11 is 0. The average Bonchev–Trinajstić information content (AvgIpc) is 3.09. The monoisotopic (exact) mass is 357 g/mol. The second kappa shape index (κ2) is 6.58. The van der Waals surface area contributed by atoms with Gasteiger partial charge < -0.3 is 25.4 Å². The minimum Gasteiger partial charge on any atom is -0.454 e. The SMILES string of the molecule is Nc1nc(N2CCC(NC(=O)c3ccc4c(c3)OCO4)CC2)cc(=O)[nH]1. The number of piperidine rings is 1. The number of nitrogens with one attached hydrogen (secondary N) is 2. The first-order chi connectivity index (χ1) is 12.6. The fourth-order valence-corrected chi connectivity index (χ4v) is 3.18. The third kappa shape index (κ3) is 3.28. The Morgan fingerprint density at radius 3 is 2.77 bits per heavy atom. The number of nitrogens with zero attached hydrogens (tertiary/aromatic N) is 2. The number of hydrogen-bond donors (Lipinski definition) is 3. The van der Waals surface area contributed by atoms with Gasteiger partial charge in [0.1, 0.15) is 5.82 Å². The van der Waals surface area contributed by atoms with Crippen molar-refractivity contribution in [2.24, 2.45) is 0 Å². The lowest BCUT2D eigenvalue weighted by Crippen LogP contribution is -2.45. The van der Waals surface area contributed by atoms with Crippen LogP contribution in [0.1, 0.15) is 23.2 Å². The molecule has 9 heteroatoms. The molecule has 26 heavy (non-hydrogen) atoms. The maximum Gasteiger partial charge on any atom is 0.254 e. The van der Waals surface area contributed by atoms with Crippen LogP contribution in [0, 0.1) is 0 Å². The number of anilines is 2. The van der Waals surface area contributed by atoms with Crippen LogP contribution < -0.4 is 31.0 Å². The Bertz CT molecular complexity index is 889. The van der Waals surface area contributed by atoms with Crippen LogP contribution in [0.2, 0.25) is 0 Å². The standard InChI is InChI=1S/C17H19N5O4/c18-17-20-14(8-15(23)21-17)22-5-3-11(4-6-22)19-16(24)10-1-2-12-13(7-10)26-9-25-12/h1-2,7-8,11H,3-6,9H2,(H,19,24)(H3,18,20,21,23). The van der Waals surface area contributed by atoms with Gasteiger partial charge in [-0.3, -0.25) is 14.6 Å². The van der Waals surface area contributed by atoms with Crippen molar-refractivity contribution in [2.45, 2.75) is 18.9 Å². The lowest BCUT2D eigenvalue weighted by Gasteiger charge is -2.33. The average molecular weight is 357 g/mol. The summed E-state index contributed by atoms with van der Waals surface area (Å²) in [4.78, 5) is 32.6. The van der Waals surface area contributed by atoms with Gasteiger partial charge in [-0.1, -0.05) is 0 Å². The molecule has 1 saturated heterocycles. The fourth-order valence-electron chi connectivity index (χ4n) is 3.18. The van der Waals surface area contributed by atoms with Gasteiger partial charge in [-0.15, -0.1) is 0 Å². The van der Waals surface area contributed by atoms with E-state index in [1.165, 1.54) is 6.07 Å². The number of amides is 1. The number of aromatic nitrogens is 2. The fraction of sp³-hybridized carbons (Fsp3) is 0.353. The molecule has 1 amide bonds. The van der Waals surface area contributed by atoms with Crippen molar-refractivity contribution < 1.29 is 14.3 Å². The highest BCUT2D eigenvalue weighted by Crippen LogP contribution is 2.32. The van der Waals surface area contributed by atoms with Crippen molar-refractivity contribution in [3.63, 3.8) is 0 Å². The molecule has 3 heterocycles. The molecule has 0 aliphatic carbocycles. The van der Waals surface area contributed by atoms with Crippen molar-refractivity contribution in [3.8, 4) is 11.5 Å². The summed E-state index contributed by atoms with van der Waals surface area (Å²) in [7, 11) is 0. The van der Waals surface area contributed by atoms with E-state index < -0.39 is 0 Å². The van der Waals surface area contributed by atoms with Gasteiger partial charge in [0.2, 0.25) is 12.7 Å². The number of nitrogen functional groups attached to an aromatic ring is 1. The number of fused-ring (bicyclic) bond motifs is 1. The zero-order chi connectivity index (χ0) is 18.1. The van der Waals surface area contributed by atoms with Crippen LogP contribution in [0.4, 0.5) is 11.8 Å². The van der Waals surface area contributed by atoms with Crippen molar-refractivity contribution in [2.75, 3.05) is 30.5 Å². The predicted molar refractivity (Wildman–Crippen MR) is 94.5 cm³/mol. The van der Waals surface area contributed by atoms with Crippen LogP contribution in [0.25, 0.3) is 0 Å². The van der Waals surface area contributed by atoms with Crippen LogP contribution in [0.3, 0.4) is 0 Å². The Balaban J connectivity index is 1.36. The second-order valence-electron chi connectivity index (χ2n) is 6.29. The summed E-state index contributed by atoms with van der Waals surface area (Å²) in [6.45, 7) is 1.55. The van der Waals surface area contributed by atoms with E-state index in [-0.39, 0.29) is 30.2 Å². The van der Waals surface area contributed by atoms with Gasteiger partial charge in [-0.2, -0.15) is 4.98 Å². The number of aromatic amines is 1. The Morgan fingerprint density at radius 1 is 1.23 bits per heavy atom. The molecule has 2 aliphatic rings. The van der Waals surface area contributed by atoms with Crippen LogP contribution in [-0.4, -0.2) is 41.8 Å². The zero-order valence-corrected chi connectivity index (χ0v) is 14.0. The minimum absolute atomic E-state index is 0.0588. The maximum atomic E-state index is 12.5. The van der Waals surface area contributed by atoms with Crippen LogP contribution in [0.15, 0.2) is 29.1 Å². The first-order valence-electron chi connectivity index (χ1n) is 8.41. The van der Waals surface area contributed by atoms with E-state index in [9.17, 15) is 9.59 Å². The molecule has 0 saturated carbocycles. The van der Waals surface area contributed by atoms with Crippen molar-refractivity contribution in [1.29, 1.82) is 0 Å². The number of ether oxygens (including phenoxy) is 2. The third-order valence-electron chi connectivity index (χ3n) is 4.54. The number of H-pyrrole nitrogens is 1. The smallest absolute Gasteiger partial charge is 0.254 e. The molecule has 0 radical (unpaired) electrons. The van der Waals surface area contributed by atoms with Gasteiger partial charge in [0.05, 0.1) is 0 Å². The lowest BCUT2D eigenvalue weighted by atomic mass is 10.0. The van der Waals surface area contributed by atoms with Gasteiger partial charge in [0, 0.05) is 30.8 Å². The molecule has 136 valence electrons. The third-order valence-corrected chi connectivity index (χ3v) is 4.54. The first-order valence-corrected chi connectivity index (χ1v) is 8.41. The second-order valence-corrected chi connectivity index (χ2v) is 6.29. The van der Waals surface area contributed by atoms with E-state index in [2.05, 4.69) is 15.3 Å². The zero-order valence-electron chi connectivity index (χ0n) is 14.0. The van der Waals surface area contributed by atoms with Crippen molar-refractivity contribution in [1.82, 2.24) is 15.3 Å². The molecule has 1 fully saturated rings. The summed E-state index contributed by atoms with van der Waals surface area (Å²) in [6.07, 6.45) is 1.51. The molecular weight excluding hydrogens is 338 g/mol. The molecule has 0 unspecified atom stereocenters. The molecule has 4 rings (SSSR count). The number of carbonyl (C=O) groups is 1. The molecule has 0 bridgehead atoms. The first kappa shape index (κ1) is 16.2. The molecule has 1 aromatic heterocycles. The van der Waals surface area contributed by atoms with Gasteiger partial charge in [-0.05, 0) is 31.0 Å². The topological polar surface area (TPSA) is 123 Å². The summed E-state index contributed by atoms with van der Waals surface area (Å²) < 4.78 is 10.6. The Hall–Kier alpha value is -3.23. The van der Waals surface area contributed by atoms with Gasteiger partial charge in [0.15, 0.2) is 11.5 Å². The molecule has 2 aliphatic heterocycles. The van der Waals surface area contributed by atoms with E-state index in [0.29, 0.717) is 36.0 Å². The molecule has 2 aromatic rings. The maximum absolute atomic E-state index is 12.5. The number of benzene rings is 1. The van der Waals surface area contributed by atoms with Crippen LogP contribution in [0.5, 0.6) is 11.5 Å². The van der Waals surface area contributed by atoms with Crippen molar-refractivity contribution >= 4 is 17.7 Å². The van der Waals surface area contributed by atoms with E-state index in [0.717, 1.165) is 12.8 Å². The lowest BCUT2D eigenvalue weighted by molar-refractivity contribution is 0.0930. The highest BCUT2D eigenvalue weighted by Gasteiger charge is 2.23. The minimum atomic E-state index is -0.272. The van der Waals surface area contributed by atoms with Crippen LogP contribution >= 0.6 is 0 Å². The number of nitrogens with two attached hydrogens (primary N) is 1. The molecule has 4 N–H and O–H groups in total. The highest BCUT2D eigenvalue weighted by molar-refractivity contribution is 5.95. The Morgan fingerprint density at radius 2 is 2.00 bits per heavy atom. The molecule has 1 aromatic carbocycles. The van der Waals surface area contributed by atoms with E-state index >= 15 is 0 Å². The predicted octanol–water partition coefficient (Wildman–Crippen LogP) is 0.480. The summed E-state index contributed by atoms with van der Waals surface area (Å²) in [6, 6.07) is 6.64. The van der Waals surface area contributed by atoms with Gasteiger partial charge in [0.25, 0.3) is 11.5 Å². The Kier molecular flexibility index (Phi) is 4.11. The van der Waals surface area contributed by atoms with Crippen LogP contribution in [-0.2, 0) is 0 Å². The van der Waals surface area contributed by atoms with E-state index in [1.54, 1.807) is 18.2 Å². The Labute approximate surface area is 149 Å². The van der Waals surface area contributed by atoms with E-state index in [1.807, 2.05) is 4.90 Å². The molecule has 0 atom stereocenters. The number of hydrogen-bond acceptors (Lipinski definition) is 7. The molecule has 9 nitrogen and oxygen atoms in total. The van der Waals surface area contributed by atoms with E-state index in [4.69, 9.17) is 15.2 Å². The normalized spacial score (nSPS) is 16.5. The molecule has 0 spiro atoms. The van der Waals surface area contributed by atoms with Crippen molar-refractivity contribution in [3.05, 3.63) is 40.2 Å². The largest absolute Gasteiger partial charge is 0.454 e. The molecular formula is C17H19N5O4. The van der Waals surface area contributed by atoms with Gasteiger partial charge >= 0.3 is 0 Å². The summed E-state index contributed by atoms with van der Waals surface area (Å²) in [5.74, 6) is 1.77. The summed E-state index contributed by atoms with van der Waals surface area (Å²) in [5.41, 5.74) is 5.86. The number of carbonyl (C=O) groups excluding carboxylic acids is 1. The van der Waals surface area contributed by atoms with Gasteiger partial charge in [-0.25, -0.2) is 0 Å². The summed E-state index contributed by atoms with van der Waals surface area (Å²) in [5, 5.41) is 3.05. The number of rotatable bonds is 3. The quantitative estimate of drug-likeness (QED) is 0.730.